The van der Waals surface area contributed by atoms with E-state index >= 15 is 0 Å². The number of sulfonamides is 1. The van der Waals surface area contributed by atoms with Crippen LogP contribution < -0.4 is 0 Å². The average molecular weight is 493 g/mol. The molecule has 1 aliphatic heterocycles. The Balaban J connectivity index is 1.57. The summed E-state index contributed by atoms with van der Waals surface area (Å²) in [5.41, 5.74) is 0.596. The van der Waals surface area contributed by atoms with Crippen molar-refractivity contribution in [3.63, 3.8) is 0 Å². The molecule has 4 rings (SSSR count). The van der Waals surface area contributed by atoms with E-state index in [2.05, 4.69) is 10.2 Å². The van der Waals surface area contributed by atoms with E-state index in [4.69, 9.17) is 20.4 Å². The van der Waals surface area contributed by atoms with Crippen molar-refractivity contribution >= 4 is 27.5 Å². The molecule has 11 heteroatoms. The lowest BCUT2D eigenvalue weighted by Gasteiger charge is -2.24. The van der Waals surface area contributed by atoms with E-state index < -0.39 is 15.9 Å². The van der Waals surface area contributed by atoms with Crippen molar-refractivity contribution in [2.24, 2.45) is 0 Å². The molecule has 0 bridgehead atoms. The first kappa shape index (κ1) is 23.5. The first-order valence-electron chi connectivity index (χ1n) is 10.7. The molecule has 9 nitrogen and oxygen atoms in total. The fourth-order valence-electron chi connectivity index (χ4n) is 3.73. The molecule has 1 saturated heterocycles. The van der Waals surface area contributed by atoms with E-state index in [0.717, 1.165) is 12.8 Å². The number of aromatic nitrogens is 2. The number of aryl methyl sites for hydroxylation is 1. The molecule has 0 N–H and O–H groups in total. The Bertz CT molecular complexity index is 1260. The number of benzene rings is 1. The minimum absolute atomic E-state index is 0.0234. The highest BCUT2D eigenvalue weighted by Gasteiger charge is 2.33. The summed E-state index contributed by atoms with van der Waals surface area (Å²) >= 11 is 6.20. The van der Waals surface area contributed by atoms with Crippen LogP contribution in [0.2, 0.25) is 5.02 Å². The zero-order valence-corrected chi connectivity index (χ0v) is 20.2. The van der Waals surface area contributed by atoms with Crippen LogP contribution in [0.1, 0.15) is 48.9 Å². The molecule has 33 heavy (non-hydrogen) atoms. The van der Waals surface area contributed by atoms with Crippen LogP contribution in [0.5, 0.6) is 0 Å². The molecule has 1 fully saturated rings. The summed E-state index contributed by atoms with van der Waals surface area (Å²) < 4.78 is 38.7. The lowest BCUT2D eigenvalue weighted by atomic mass is 10.2. The third-order valence-corrected chi connectivity index (χ3v) is 7.86. The summed E-state index contributed by atoms with van der Waals surface area (Å²) in [6, 6.07) is 8.16. The highest BCUT2D eigenvalue weighted by Crippen LogP contribution is 2.29. The summed E-state index contributed by atoms with van der Waals surface area (Å²) in [5, 5.41) is 8.56. The Kier molecular flexibility index (Phi) is 6.60. The van der Waals surface area contributed by atoms with Crippen molar-refractivity contribution in [3.8, 4) is 11.5 Å². The monoisotopic (exact) mass is 492 g/mol. The van der Waals surface area contributed by atoms with Gasteiger partial charge in [-0.05, 0) is 45.7 Å². The van der Waals surface area contributed by atoms with Crippen LogP contribution in [0.4, 0.5) is 0 Å². The number of hydrogen-bond acceptors (Lipinski definition) is 7. The molecule has 1 amide bonds. The van der Waals surface area contributed by atoms with Gasteiger partial charge in [0, 0.05) is 25.2 Å². The highest BCUT2D eigenvalue weighted by atomic mass is 35.5. The molecule has 1 aliphatic rings. The number of carbonyl (C=O) groups is 1. The van der Waals surface area contributed by atoms with E-state index in [0.29, 0.717) is 23.7 Å². The molecule has 0 saturated carbocycles. The van der Waals surface area contributed by atoms with Gasteiger partial charge in [-0.2, -0.15) is 4.31 Å². The van der Waals surface area contributed by atoms with Crippen LogP contribution in [0.15, 0.2) is 44.1 Å². The molecule has 3 aromatic rings. The summed E-state index contributed by atoms with van der Waals surface area (Å²) in [5.74, 6) is 0.144. The zero-order valence-electron chi connectivity index (χ0n) is 18.6. The third-order valence-electron chi connectivity index (χ3n) is 5.53. The summed E-state index contributed by atoms with van der Waals surface area (Å²) in [7, 11) is -3.70. The maximum atomic E-state index is 13.2. The second kappa shape index (κ2) is 9.28. The van der Waals surface area contributed by atoms with Crippen LogP contribution in [-0.2, 0) is 16.6 Å². The molecule has 0 atom stereocenters. The second-order valence-electron chi connectivity index (χ2n) is 8.15. The van der Waals surface area contributed by atoms with E-state index in [1.165, 1.54) is 15.3 Å². The van der Waals surface area contributed by atoms with Gasteiger partial charge in [-0.15, -0.1) is 10.2 Å². The first-order valence-corrected chi connectivity index (χ1v) is 12.5. The van der Waals surface area contributed by atoms with Crippen molar-refractivity contribution < 1.29 is 22.0 Å². The number of carbonyl (C=O) groups excluding carboxylic acids is 1. The van der Waals surface area contributed by atoms with E-state index in [1.807, 2.05) is 19.9 Å². The van der Waals surface area contributed by atoms with Crippen LogP contribution >= 0.6 is 11.6 Å². The molecular weight excluding hydrogens is 468 g/mol. The van der Waals surface area contributed by atoms with Crippen LogP contribution in [0, 0.1) is 6.92 Å². The number of nitrogens with zero attached hydrogens (tertiary/aromatic N) is 4. The molecular formula is C22H25ClN4O5S. The Morgan fingerprint density at radius 3 is 2.55 bits per heavy atom. The van der Waals surface area contributed by atoms with Gasteiger partial charge in [0.1, 0.15) is 10.7 Å². The minimum Gasteiger partial charge on any atom is -0.455 e. The number of furan rings is 1. The van der Waals surface area contributed by atoms with Gasteiger partial charge in [0.15, 0.2) is 5.76 Å². The van der Waals surface area contributed by atoms with Gasteiger partial charge in [0.25, 0.3) is 5.91 Å². The van der Waals surface area contributed by atoms with Crippen LogP contribution in [-0.4, -0.2) is 52.9 Å². The summed E-state index contributed by atoms with van der Waals surface area (Å²) in [6.07, 6.45) is 1.65. The number of rotatable bonds is 7. The normalized spacial score (nSPS) is 14.8. The largest absolute Gasteiger partial charge is 0.455 e. The van der Waals surface area contributed by atoms with Crippen molar-refractivity contribution in [2.45, 2.75) is 51.1 Å². The maximum absolute atomic E-state index is 13.2. The minimum atomic E-state index is -3.70. The smallest absolute Gasteiger partial charge is 0.290 e. The maximum Gasteiger partial charge on any atom is 0.290 e. The van der Waals surface area contributed by atoms with Crippen molar-refractivity contribution in [1.82, 2.24) is 19.4 Å². The molecule has 1 aromatic carbocycles. The molecule has 176 valence electrons. The number of halogens is 1. The van der Waals surface area contributed by atoms with E-state index in [1.54, 1.807) is 25.1 Å². The average Bonchev–Trinajstić information content (AvgIpc) is 3.53. The molecule has 0 aliphatic carbocycles. The van der Waals surface area contributed by atoms with Crippen molar-refractivity contribution in [3.05, 3.63) is 52.8 Å². The lowest BCUT2D eigenvalue weighted by molar-refractivity contribution is 0.0638. The molecule has 2 aromatic heterocycles. The number of amides is 1. The van der Waals surface area contributed by atoms with Gasteiger partial charge in [0.05, 0.1) is 17.1 Å². The SMILES string of the molecule is Cc1oc(C(=O)N(Cc2nnc(-c3ccccc3Cl)o2)C(C)C)cc1S(=O)(=O)N1CCCC1. The van der Waals surface area contributed by atoms with Gasteiger partial charge in [-0.1, -0.05) is 23.7 Å². The van der Waals surface area contributed by atoms with Gasteiger partial charge in [0.2, 0.25) is 21.8 Å². The zero-order chi connectivity index (χ0) is 23.8. The Morgan fingerprint density at radius 1 is 1.18 bits per heavy atom. The second-order valence-corrected chi connectivity index (χ2v) is 10.5. The quantitative estimate of drug-likeness (QED) is 0.487. The fourth-order valence-corrected chi connectivity index (χ4v) is 5.63. The predicted octanol–water partition coefficient (Wildman–Crippen LogP) is 4.13. The van der Waals surface area contributed by atoms with Crippen LogP contribution in [0.3, 0.4) is 0 Å². The van der Waals surface area contributed by atoms with Crippen molar-refractivity contribution in [2.75, 3.05) is 13.1 Å². The highest BCUT2D eigenvalue weighted by molar-refractivity contribution is 7.89. The Hall–Kier alpha value is -2.69. The topological polar surface area (TPSA) is 110 Å². The van der Waals surface area contributed by atoms with Gasteiger partial charge >= 0.3 is 0 Å². The molecule has 0 spiro atoms. The van der Waals surface area contributed by atoms with Crippen molar-refractivity contribution in [1.29, 1.82) is 0 Å². The van der Waals surface area contributed by atoms with E-state index in [-0.39, 0.29) is 40.8 Å². The fraction of sp³-hybridized carbons (Fsp3) is 0.409. The summed E-state index contributed by atoms with van der Waals surface area (Å²) in [4.78, 5) is 14.8. The molecule has 3 heterocycles. The van der Waals surface area contributed by atoms with Crippen LogP contribution in [0.25, 0.3) is 11.5 Å². The lowest BCUT2D eigenvalue weighted by Crippen LogP contribution is -2.36. The van der Waals surface area contributed by atoms with Gasteiger partial charge < -0.3 is 13.7 Å². The molecule has 0 unspecified atom stereocenters. The van der Waals surface area contributed by atoms with Gasteiger partial charge in [-0.3, -0.25) is 4.79 Å². The summed E-state index contributed by atoms with van der Waals surface area (Å²) in [6.45, 7) is 6.19. The Morgan fingerprint density at radius 2 is 1.88 bits per heavy atom. The van der Waals surface area contributed by atoms with Gasteiger partial charge in [-0.25, -0.2) is 8.42 Å². The third kappa shape index (κ3) is 4.68. The number of hydrogen-bond donors (Lipinski definition) is 0. The predicted molar refractivity (Wildman–Crippen MR) is 121 cm³/mol. The Labute approximate surface area is 197 Å². The molecule has 0 radical (unpaired) electrons. The first-order chi connectivity index (χ1) is 15.7. The standard InChI is InChI=1S/C22H25ClN4O5S/c1-14(2)27(13-20-24-25-21(32-20)16-8-4-5-9-17(16)23)22(28)18-12-19(15(3)31-18)33(29,30)26-10-6-7-11-26/h4-5,8-9,12,14H,6-7,10-11,13H2,1-3H3. The van der Waals surface area contributed by atoms with E-state index in [9.17, 15) is 13.2 Å².